The lowest BCUT2D eigenvalue weighted by molar-refractivity contribution is -0.122. The Morgan fingerprint density at radius 1 is 1.39 bits per heavy atom. The fraction of sp³-hybridized carbons (Fsp3) is 0.500. The van der Waals surface area contributed by atoms with Gasteiger partial charge in [0.15, 0.2) is 0 Å². The first-order valence-electron chi connectivity index (χ1n) is 6.34. The van der Waals surface area contributed by atoms with E-state index in [0.717, 1.165) is 18.4 Å². The van der Waals surface area contributed by atoms with Gasteiger partial charge in [-0.05, 0) is 24.3 Å². The molecule has 1 aromatic rings. The van der Waals surface area contributed by atoms with Crippen LogP contribution in [0.3, 0.4) is 0 Å². The first-order chi connectivity index (χ1) is 8.65. The monoisotopic (exact) mass is 250 g/mol. The van der Waals surface area contributed by atoms with Gasteiger partial charge >= 0.3 is 0 Å². The Morgan fingerprint density at radius 2 is 2.06 bits per heavy atom. The number of hydrogen-bond donors (Lipinski definition) is 3. The SMILES string of the molecule is CC(CO)CCCNC(=O)C(N)c1ccccc1. The van der Waals surface area contributed by atoms with E-state index in [1.807, 2.05) is 37.3 Å². The molecular formula is C14H22N2O2. The topological polar surface area (TPSA) is 75.3 Å². The quantitative estimate of drug-likeness (QED) is 0.637. The molecule has 100 valence electrons. The molecule has 0 spiro atoms. The van der Waals surface area contributed by atoms with Gasteiger partial charge in [0, 0.05) is 13.2 Å². The normalized spacial score (nSPS) is 13.9. The Labute approximate surface area is 108 Å². The lowest BCUT2D eigenvalue weighted by Crippen LogP contribution is -2.34. The van der Waals surface area contributed by atoms with Crippen LogP contribution in [0.15, 0.2) is 30.3 Å². The van der Waals surface area contributed by atoms with Crippen LogP contribution in [0.25, 0.3) is 0 Å². The number of aliphatic hydroxyl groups excluding tert-OH is 1. The fourth-order valence-electron chi connectivity index (χ4n) is 1.68. The summed E-state index contributed by atoms with van der Waals surface area (Å²) in [7, 11) is 0. The van der Waals surface area contributed by atoms with Crippen LogP contribution in [0.1, 0.15) is 31.4 Å². The molecule has 1 aromatic carbocycles. The van der Waals surface area contributed by atoms with E-state index in [9.17, 15) is 4.79 Å². The van der Waals surface area contributed by atoms with Crippen molar-refractivity contribution in [2.24, 2.45) is 11.7 Å². The maximum absolute atomic E-state index is 11.8. The van der Waals surface area contributed by atoms with E-state index < -0.39 is 6.04 Å². The van der Waals surface area contributed by atoms with Crippen molar-refractivity contribution in [1.29, 1.82) is 0 Å². The lowest BCUT2D eigenvalue weighted by Gasteiger charge is -2.13. The Morgan fingerprint density at radius 3 is 2.67 bits per heavy atom. The summed E-state index contributed by atoms with van der Waals surface area (Å²) in [5, 5.41) is 11.7. The summed E-state index contributed by atoms with van der Waals surface area (Å²) < 4.78 is 0. The van der Waals surface area contributed by atoms with E-state index in [1.165, 1.54) is 0 Å². The summed E-state index contributed by atoms with van der Waals surface area (Å²) in [4.78, 5) is 11.8. The largest absolute Gasteiger partial charge is 0.396 e. The average molecular weight is 250 g/mol. The van der Waals surface area contributed by atoms with Gasteiger partial charge in [-0.3, -0.25) is 4.79 Å². The van der Waals surface area contributed by atoms with E-state index in [4.69, 9.17) is 10.8 Å². The molecule has 0 saturated carbocycles. The van der Waals surface area contributed by atoms with Crippen LogP contribution in [-0.2, 0) is 4.79 Å². The number of benzene rings is 1. The smallest absolute Gasteiger partial charge is 0.241 e. The van der Waals surface area contributed by atoms with Crippen molar-refractivity contribution in [3.63, 3.8) is 0 Å². The van der Waals surface area contributed by atoms with E-state index >= 15 is 0 Å². The van der Waals surface area contributed by atoms with Gasteiger partial charge in [0.05, 0.1) is 0 Å². The number of aliphatic hydroxyl groups is 1. The second-order valence-electron chi connectivity index (χ2n) is 4.61. The van der Waals surface area contributed by atoms with Crippen LogP contribution in [0.5, 0.6) is 0 Å². The highest BCUT2D eigenvalue weighted by molar-refractivity contribution is 5.82. The van der Waals surface area contributed by atoms with Crippen LogP contribution >= 0.6 is 0 Å². The molecule has 1 amide bonds. The van der Waals surface area contributed by atoms with Crippen LogP contribution in [-0.4, -0.2) is 24.2 Å². The Hall–Kier alpha value is -1.39. The highest BCUT2D eigenvalue weighted by atomic mass is 16.3. The Balaban J connectivity index is 2.29. The van der Waals surface area contributed by atoms with Crippen molar-refractivity contribution in [2.45, 2.75) is 25.8 Å². The molecule has 18 heavy (non-hydrogen) atoms. The second kappa shape index (κ2) is 7.84. The van der Waals surface area contributed by atoms with Crippen molar-refractivity contribution in [3.8, 4) is 0 Å². The van der Waals surface area contributed by atoms with Gasteiger partial charge in [-0.25, -0.2) is 0 Å². The fourth-order valence-corrected chi connectivity index (χ4v) is 1.68. The Kier molecular flexibility index (Phi) is 6.39. The molecule has 0 radical (unpaired) electrons. The molecule has 2 unspecified atom stereocenters. The van der Waals surface area contributed by atoms with Gasteiger partial charge in [0.1, 0.15) is 6.04 Å². The predicted molar refractivity (Wildman–Crippen MR) is 71.9 cm³/mol. The molecular weight excluding hydrogens is 228 g/mol. The third-order valence-corrected chi connectivity index (χ3v) is 2.93. The average Bonchev–Trinajstić information content (AvgIpc) is 2.43. The van der Waals surface area contributed by atoms with Gasteiger partial charge in [-0.15, -0.1) is 0 Å². The molecule has 4 heteroatoms. The predicted octanol–water partition coefficient (Wildman–Crippen LogP) is 1.21. The number of nitrogens with two attached hydrogens (primary N) is 1. The zero-order chi connectivity index (χ0) is 13.4. The zero-order valence-electron chi connectivity index (χ0n) is 10.8. The minimum atomic E-state index is -0.610. The third-order valence-electron chi connectivity index (χ3n) is 2.93. The zero-order valence-corrected chi connectivity index (χ0v) is 10.8. The van der Waals surface area contributed by atoms with Gasteiger partial charge in [-0.2, -0.15) is 0 Å². The second-order valence-corrected chi connectivity index (χ2v) is 4.61. The van der Waals surface area contributed by atoms with Gasteiger partial charge in [0.2, 0.25) is 5.91 Å². The number of nitrogens with one attached hydrogen (secondary N) is 1. The maximum atomic E-state index is 11.8. The summed E-state index contributed by atoms with van der Waals surface area (Å²) in [6.07, 6.45) is 1.76. The standard InChI is InChI=1S/C14H22N2O2/c1-11(10-17)6-5-9-16-14(18)13(15)12-7-3-2-4-8-12/h2-4,7-8,11,13,17H,5-6,9-10,15H2,1H3,(H,16,18). The van der Waals surface area contributed by atoms with Crippen LogP contribution in [0.2, 0.25) is 0 Å². The summed E-state index contributed by atoms with van der Waals surface area (Å²) in [6.45, 7) is 2.78. The molecule has 0 aliphatic rings. The van der Waals surface area contributed by atoms with Gasteiger partial charge < -0.3 is 16.2 Å². The van der Waals surface area contributed by atoms with Crippen LogP contribution < -0.4 is 11.1 Å². The highest BCUT2D eigenvalue weighted by Gasteiger charge is 2.14. The number of carbonyl (C=O) groups is 1. The van der Waals surface area contributed by atoms with E-state index in [0.29, 0.717) is 6.54 Å². The molecule has 0 heterocycles. The number of hydrogen-bond acceptors (Lipinski definition) is 3. The summed E-state index contributed by atoms with van der Waals surface area (Å²) in [5.74, 6) is 0.127. The summed E-state index contributed by atoms with van der Waals surface area (Å²) >= 11 is 0. The first kappa shape index (κ1) is 14.7. The summed E-state index contributed by atoms with van der Waals surface area (Å²) in [6, 6.07) is 8.71. The molecule has 0 saturated heterocycles. The molecule has 0 bridgehead atoms. The summed E-state index contributed by atoms with van der Waals surface area (Å²) in [5.41, 5.74) is 6.67. The molecule has 0 aromatic heterocycles. The van der Waals surface area contributed by atoms with Crippen molar-refractivity contribution in [1.82, 2.24) is 5.32 Å². The van der Waals surface area contributed by atoms with Crippen LogP contribution in [0, 0.1) is 5.92 Å². The van der Waals surface area contributed by atoms with E-state index in [2.05, 4.69) is 5.32 Å². The minimum absolute atomic E-state index is 0.155. The van der Waals surface area contributed by atoms with Crippen molar-refractivity contribution in [2.75, 3.05) is 13.2 Å². The molecule has 2 atom stereocenters. The van der Waals surface area contributed by atoms with E-state index in [1.54, 1.807) is 0 Å². The molecule has 0 aliphatic carbocycles. The lowest BCUT2D eigenvalue weighted by atomic mass is 10.1. The van der Waals surface area contributed by atoms with Gasteiger partial charge in [-0.1, -0.05) is 37.3 Å². The van der Waals surface area contributed by atoms with Crippen molar-refractivity contribution in [3.05, 3.63) is 35.9 Å². The number of amides is 1. The Bertz CT molecular complexity index is 354. The molecule has 4 nitrogen and oxygen atoms in total. The van der Waals surface area contributed by atoms with Crippen LogP contribution in [0.4, 0.5) is 0 Å². The highest BCUT2D eigenvalue weighted by Crippen LogP contribution is 2.09. The first-order valence-corrected chi connectivity index (χ1v) is 6.34. The van der Waals surface area contributed by atoms with Crippen molar-refractivity contribution < 1.29 is 9.90 Å². The van der Waals surface area contributed by atoms with E-state index in [-0.39, 0.29) is 18.4 Å². The number of carbonyl (C=O) groups excluding carboxylic acids is 1. The molecule has 1 rings (SSSR count). The minimum Gasteiger partial charge on any atom is -0.396 e. The number of rotatable bonds is 7. The maximum Gasteiger partial charge on any atom is 0.241 e. The van der Waals surface area contributed by atoms with Gasteiger partial charge in [0.25, 0.3) is 0 Å². The van der Waals surface area contributed by atoms with Crippen molar-refractivity contribution >= 4 is 5.91 Å². The third kappa shape index (κ3) is 4.85. The molecule has 0 aliphatic heterocycles. The molecule has 0 fully saturated rings. The molecule has 4 N–H and O–H groups in total.